The summed E-state index contributed by atoms with van der Waals surface area (Å²) < 4.78 is 0. The third kappa shape index (κ3) is 21.5. The summed E-state index contributed by atoms with van der Waals surface area (Å²) in [5.41, 5.74) is 0. The van der Waals surface area contributed by atoms with Gasteiger partial charge in [-0.1, -0.05) is 0 Å². The summed E-state index contributed by atoms with van der Waals surface area (Å²) in [5, 5.41) is 34.5. The van der Waals surface area contributed by atoms with Crippen LogP contribution in [0.2, 0.25) is 0 Å². The zero-order valence-corrected chi connectivity index (χ0v) is 10.6. The van der Waals surface area contributed by atoms with Gasteiger partial charge in [-0.3, -0.25) is 29.0 Å². The molecule has 0 saturated heterocycles. The van der Waals surface area contributed by atoms with Gasteiger partial charge < -0.3 is 20.4 Å². The average molecular weight is 419 g/mol. The molecule has 13 heteroatoms. The SMILES string of the molecule is O=C(O)CN(CCN(CC(=O)O)CC(=O)O)CC(=O)O.[CaH2].[CaH2].[CaH2]. The van der Waals surface area contributed by atoms with Crippen LogP contribution < -0.4 is 0 Å². The summed E-state index contributed by atoms with van der Waals surface area (Å²) in [6.45, 7) is -2.25. The van der Waals surface area contributed by atoms with E-state index < -0.39 is 50.1 Å². The van der Waals surface area contributed by atoms with Gasteiger partial charge in [0.25, 0.3) is 0 Å². The van der Waals surface area contributed by atoms with E-state index in [2.05, 4.69) is 0 Å². The van der Waals surface area contributed by atoms with Crippen LogP contribution >= 0.6 is 0 Å². The van der Waals surface area contributed by atoms with Crippen LogP contribution in [0.5, 0.6) is 0 Å². The first-order valence-electron chi connectivity index (χ1n) is 5.52. The number of aliphatic carboxylic acids is 4. The molecule has 0 aromatic carbocycles. The molecule has 0 aliphatic carbocycles. The summed E-state index contributed by atoms with van der Waals surface area (Å²) >= 11 is 0. The van der Waals surface area contributed by atoms with Gasteiger partial charge in [-0.05, 0) is 0 Å². The van der Waals surface area contributed by atoms with Crippen molar-refractivity contribution in [1.82, 2.24) is 9.80 Å². The van der Waals surface area contributed by atoms with Gasteiger partial charge in [0, 0.05) is 13.1 Å². The molecular formula is C10H22Ca3N2O8. The predicted molar refractivity (Wildman–Crippen MR) is 89.1 cm³/mol. The third-order valence-electron chi connectivity index (χ3n) is 2.17. The van der Waals surface area contributed by atoms with Gasteiger partial charge in [0.15, 0.2) is 0 Å². The van der Waals surface area contributed by atoms with E-state index in [-0.39, 0.29) is 126 Å². The Kier molecular flexibility index (Phi) is 25.8. The van der Waals surface area contributed by atoms with Crippen molar-refractivity contribution < 1.29 is 39.6 Å². The molecule has 0 unspecified atom stereocenters. The Morgan fingerprint density at radius 1 is 0.522 bits per heavy atom. The van der Waals surface area contributed by atoms with Crippen LogP contribution in [0.25, 0.3) is 0 Å². The number of rotatable bonds is 11. The Morgan fingerprint density at radius 2 is 0.696 bits per heavy atom. The number of nitrogens with zero attached hydrogens (tertiary/aromatic N) is 2. The summed E-state index contributed by atoms with van der Waals surface area (Å²) in [6.07, 6.45) is 0. The fourth-order valence-electron chi connectivity index (χ4n) is 1.48. The van der Waals surface area contributed by atoms with Crippen molar-refractivity contribution in [2.24, 2.45) is 0 Å². The van der Waals surface area contributed by atoms with Crippen molar-refractivity contribution in [3.8, 4) is 0 Å². The van der Waals surface area contributed by atoms with Crippen LogP contribution in [-0.4, -0.2) is 207 Å². The van der Waals surface area contributed by atoms with Gasteiger partial charge in [0.1, 0.15) is 0 Å². The molecule has 4 N–H and O–H groups in total. The quantitative estimate of drug-likeness (QED) is 0.240. The standard InChI is InChI=1S/C10H16N2O8.3Ca.6H/c13-7(14)3-11(4-8(15)16)1-2-12(5-9(17)18)6-10(19)20;;;;;;;;;/h1-6H2,(H,13,14)(H,15,16)(H,17,18)(H,19,20);;;;;;;;;. The average Bonchev–Trinajstić information content (AvgIpc) is 2.22. The Hall–Kier alpha value is 1.58. The molecule has 0 amide bonds. The molecule has 0 aromatic heterocycles. The van der Waals surface area contributed by atoms with E-state index in [0.29, 0.717) is 0 Å². The maximum atomic E-state index is 10.6. The third-order valence-corrected chi connectivity index (χ3v) is 2.17. The van der Waals surface area contributed by atoms with Crippen molar-refractivity contribution >= 4 is 137 Å². The van der Waals surface area contributed by atoms with Crippen molar-refractivity contribution in [1.29, 1.82) is 0 Å². The predicted octanol–water partition coefficient (Wildman–Crippen LogP) is -4.82. The second-order valence-corrected chi connectivity index (χ2v) is 4.00. The first-order valence-corrected chi connectivity index (χ1v) is 5.52. The Bertz CT molecular complexity index is 328. The molecule has 0 spiro atoms. The maximum absolute atomic E-state index is 10.6. The molecule has 0 saturated carbocycles. The Morgan fingerprint density at radius 3 is 0.826 bits per heavy atom. The van der Waals surface area contributed by atoms with E-state index in [1.807, 2.05) is 0 Å². The van der Waals surface area contributed by atoms with Crippen molar-refractivity contribution in [3.05, 3.63) is 0 Å². The van der Waals surface area contributed by atoms with Crippen LogP contribution in [0.4, 0.5) is 0 Å². The van der Waals surface area contributed by atoms with Crippen LogP contribution in [0.1, 0.15) is 0 Å². The van der Waals surface area contributed by atoms with Crippen molar-refractivity contribution in [2.75, 3.05) is 39.3 Å². The first kappa shape index (κ1) is 32.3. The monoisotopic (exact) mass is 418 g/mol. The number of carbonyl (C=O) groups is 4. The fraction of sp³-hybridized carbons (Fsp3) is 0.600. The van der Waals surface area contributed by atoms with Crippen LogP contribution in [0.3, 0.4) is 0 Å². The molecule has 126 valence electrons. The molecular weight excluding hydrogens is 396 g/mol. The number of carboxylic acids is 4. The Labute approximate surface area is 222 Å². The summed E-state index contributed by atoms with van der Waals surface area (Å²) in [4.78, 5) is 44.4. The zero-order valence-electron chi connectivity index (χ0n) is 10.6. The second-order valence-electron chi connectivity index (χ2n) is 4.00. The Balaban J connectivity index is -0.000000602. The summed E-state index contributed by atoms with van der Waals surface area (Å²) in [5.74, 6) is -4.91. The van der Waals surface area contributed by atoms with Crippen LogP contribution in [0.15, 0.2) is 0 Å². The topological polar surface area (TPSA) is 156 Å². The van der Waals surface area contributed by atoms with Gasteiger partial charge >= 0.3 is 137 Å². The fourth-order valence-corrected chi connectivity index (χ4v) is 1.48. The van der Waals surface area contributed by atoms with Crippen LogP contribution in [-0.2, 0) is 19.2 Å². The molecule has 0 aliphatic rings. The number of carboxylic acid groups (broad SMARTS) is 4. The molecule has 0 atom stereocenters. The van der Waals surface area contributed by atoms with Crippen molar-refractivity contribution in [3.63, 3.8) is 0 Å². The number of hydrogen-bond acceptors (Lipinski definition) is 6. The van der Waals surface area contributed by atoms with Gasteiger partial charge in [-0.2, -0.15) is 0 Å². The molecule has 0 fully saturated rings. The second kappa shape index (κ2) is 18.4. The minimum atomic E-state index is -1.23. The van der Waals surface area contributed by atoms with Gasteiger partial charge in [-0.15, -0.1) is 0 Å². The summed E-state index contributed by atoms with van der Waals surface area (Å²) in [6, 6.07) is 0. The van der Waals surface area contributed by atoms with E-state index in [1.54, 1.807) is 0 Å². The number of hydrogen-bond donors (Lipinski definition) is 4. The van der Waals surface area contributed by atoms with E-state index >= 15 is 0 Å². The molecule has 0 bridgehead atoms. The first-order chi connectivity index (χ1) is 9.20. The van der Waals surface area contributed by atoms with Crippen LogP contribution in [0, 0.1) is 0 Å². The molecule has 0 rings (SSSR count). The molecule has 10 nitrogen and oxygen atoms in total. The van der Waals surface area contributed by atoms with E-state index in [0.717, 1.165) is 9.80 Å². The summed E-state index contributed by atoms with van der Waals surface area (Å²) in [7, 11) is 0. The van der Waals surface area contributed by atoms with E-state index in [4.69, 9.17) is 20.4 Å². The van der Waals surface area contributed by atoms with E-state index in [1.165, 1.54) is 0 Å². The zero-order chi connectivity index (χ0) is 15.7. The molecule has 0 aromatic rings. The van der Waals surface area contributed by atoms with Crippen molar-refractivity contribution in [2.45, 2.75) is 0 Å². The molecule has 23 heavy (non-hydrogen) atoms. The minimum absolute atomic E-state index is 0. The van der Waals surface area contributed by atoms with Gasteiger partial charge in [0.2, 0.25) is 0 Å². The van der Waals surface area contributed by atoms with Gasteiger partial charge in [-0.25, -0.2) is 0 Å². The molecule has 0 heterocycles. The normalized spacial score (nSPS) is 9.30. The van der Waals surface area contributed by atoms with E-state index in [9.17, 15) is 19.2 Å². The molecule has 0 radical (unpaired) electrons. The molecule has 0 aliphatic heterocycles. The van der Waals surface area contributed by atoms with Gasteiger partial charge in [0.05, 0.1) is 26.2 Å².